The lowest BCUT2D eigenvalue weighted by atomic mass is 9.94. The summed E-state index contributed by atoms with van der Waals surface area (Å²) in [4.78, 5) is 4.36. The molecule has 0 aromatic heterocycles. The second-order valence-corrected chi connectivity index (χ2v) is 8.55. The molecule has 0 saturated carbocycles. The normalized spacial score (nSPS) is 26.6. The second-order valence-electron chi connectivity index (χ2n) is 6.65. The maximum atomic E-state index is 13.3. The molecular formula is C18H25N3O2S. The first kappa shape index (κ1) is 17.3. The number of aliphatic imine (C=N–C) groups is 1. The Balaban J connectivity index is 2.07. The Morgan fingerprint density at radius 1 is 1.42 bits per heavy atom. The number of nitrogens with one attached hydrogen (secondary N) is 1. The molecule has 0 bridgehead atoms. The number of nitrogens with zero attached hydrogens (tertiary/aromatic N) is 2. The Kier molecular flexibility index (Phi) is 4.90. The molecule has 1 aromatic rings. The zero-order valence-corrected chi connectivity index (χ0v) is 15.1. The zero-order chi connectivity index (χ0) is 17.3. The monoisotopic (exact) mass is 347 g/mol. The van der Waals surface area contributed by atoms with Gasteiger partial charge in [0, 0.05) is 37.6 Å². The van der Waals surface area contributed by atoms with Gasteiger partial charge in [0.1, 0.15) is 0 Å². The summed E-state index contributed by atoms with van der Waals surface area (Å²) in [6, 6.07) is 5.56. The fourth-order valence-electron chi connectivity index (χ4n) is 3.84. The van der Waals surface area contributed by atoms with Gasteiger partial charge in [-0.2, -0.15) is 4.31 Å². The molecule has 2 saturated heterocycles. The van der Waals surface area contributed by atoms with E-state index in [0.29, 0.717) is 34.3 Å². The Morgan fingerprint density at radius 2 is 2.21 bits per heavy atom. The first-order valence-corrected chi connectivity index (χ1v) is 9.83. The minimum atomic E-state index is -3.54. The van der Waals surface area contributed by atoms with Crippen LogP contribution in [0.5, 0.6) is 0 Å². The van der Waals surface area contributed by atoms with Crippen molar-refractivity contribution in [3.63, 3.8) is 0 Å². The van der Waals surface area contributed by atoms with Crippen LogP contribution < -0.4 is 15.8 Å². The van der Waals surface area contributed by atoms with Gasteiger partial charge in [-0.15, -0.1) is 0 Å². The lowest BCUT2D eigenvalue weighted by Gasteiger charge is -2.24. The van der Waals surface area contributed by atoms with E-state index >= 15 is 0 Å². The smallest absolute Gasteiger partial charge is 0.243 e. The van der Waals surface area contributed by atoms with E-state index < -0.39 is 10.0 Å². The largest absolute Gasteiger partial charge is 0.312 e. The van der Waals surface area contributed by atoms with Gasteiger partial charge >= 0.3 is 0 Å². The van der Waals surface area contributed by atoms with Crippen molar-refractivity contribution in [2.45, 2.75) is 30.7 Å². The van der Waals surface area contributed by atoms with Crippen molar-refractivity contribution in [2.75, 3.05) is 26.7 Å². The van der Waals surface area contributed by atoms with Crippen LogP contribution in [-0.2, 0) is 10.0 Å². The molecule has 2 atom stereocenters. The quantitative estimate of drug-likeness (QED) is 0.802. The summed E-state index contributed by atoms with van der Waals surface area (Å²) in [6.07, 6.45) is 3.91. The standard InChI is InChI=1S/C18H25N3O2S/c1-13-6-4-8-17(18(13)14(2)10-19-3)24(22,23)21-11-15-7-5-9-20-16(15)12-21/h4,6,8,10,15-16,20H,1,5,7,9,11-12H2,2-3H3/b18-14+,19-10?/t15-,16+/m1/s1. The Labute approximate surface area is 143 Å². The fourth-order valence-corrected chi connectivity index (χ4v) is 5.66. The van der Waals surface area contributed by atoms with Gasteiger partial charge in [0.15, 0.2) is 0 Å². The van der Waals surface area contributed by atoms with Gasteiger partial charge in [0.25, 0.3) is 0 Å². The lowest BCUT2D eigenvalue weighted by molar-refractivity contribution is 0.339. The SMILES string of the molecule is C=c1cccc(S(=O)(=O)N2C[C@H]3CCCN[C@H]3C2)/c1=C(\C)C=NC. The molecule has 0 aliphatic carbocycles. The van der Waals surface area contributed by atoms with Crippen LogP contribution in [0.3, 0.4) is 0 Å². The molecule has 0 radical (unpaired) electrons. The van der Waals surface area contributed by atoms with Crippen molar-refractivity contribution < 1.29 is 8.42 Å². The summed E-state index contributed by atoms with van der Waals surface area (Å²) < 4.78 is 28.2. The van der Waals surface area contributed by atoms with Gasteiger partial charge in [-0.3, -0.25) is 4.99 Å². The predicted octanol–water partition coefficient (Wildman–Crippen LogP) is 0.341. The third kappa shape index (κ3) is 3.06. The maximum absolute atomic E-state index is 13.3. The number of fused-ring (bicyclic) bond motifs is 1. The van der Waals surface area contributed by atoms with Crippen LogP contribution >= 0.6 is 0 Å². The Morgan fingerprint density at radius 3 is 2.92 bits per heavy atom. The van der Waals surface area contributed by atoms with Gasteiger partial charge in [0.2, 0.25) is 10.0 Å². The molecule has 130 valence electrons. The molecule has 0 spiro atoms. The highest BCUT2D eigenvalue weighted by Crippen LogP contribution is 2.28. The van der Waals surface area contributed by atoms with Gasteiger partial charge in [-0.05, 0) is 49.1 Å². The van der Waals surface area contributed by atoms with Gasteiger partial charge in [0.05, 0.1) is 4.90 Å². The molecule has 5 nitrogen and oxygen atoms in total. The van der Waals surface area contributed by atoms with Crippen molar-refractivity contribution in [2.24, 2.45) is 10.9 Å². The third-order valence-corrected chi connectivity index (χ3v) is 6.89. The van der Waals surface area contributed by atoms with E-state index in [1.807, 2.05) is 13.0 Å². The highest BCUT2D eigenvalue weighted by atomic mass is 32.2. The molecule has 2 heterocycles. The number of piperidine rings is 1. The van der Waals surface area contributed by atoms with Crippen LogP contribution in [0.15, 0.2) is 28.1 Å². The molecule has 6 heteroatoms. The molecule has 0 amide bonds. The Hall–Kier alpha value is -1.50. The van der Waals surface area contributed by atoms with Crippen LogP contribution in [0.1, 0.15) is 19.8 Å². The lowest BCUT2D eigenvalue weighted by Crippen LogP contribution is -2.41. The van der Waals surface area contributed by atoms with Crippen molar-refractivity contribution in [3.8, 4) is 0 Å². The first-order valence-electron chi connectivity index (χ1n) is 8.39. The Bertz CT molecular complexity index is 847. The molecule has 0 unspecified atom stereocenters. The van der Waals surface area contributed by atoms with E-state index in [4.69, 9.17) is 0 Å². The van der Waals surface area contributed by atoms with Crippen LogP contribution in [0.25, 0.3) is 12.2 Å². The number of benzene rings is 1. The summed E-state index contributed by atoms with van der Waals surface area (Å²) >= 11 is 0. The molecular weight excluding hydrogens is 322 g/mol. The van der Waals surface area contributed by atoms with Crippen molar-refractivity contribution >= 4 is 28.4 Å². The van der Waals surface area contributed by atoms with Crippen molar-refractivity contribution in [3.05, 3.63) is 28.6 Å². The van der Waals surface area contributed by atoms with E-state index in [-0.39, 0.29) is 6.04 Å². The summed E-state index contributed by atoms with van der Waals surface area (Å²) in [5, 5.41) is 4.84. The van der Waals surface area contributed by atoms with Crippen LogP contribution in [0.2, 0.25) is 0 Å². The molecule has 2 aliphatic rings. The average molecular weight is 347 g/mol. The number of rotatable bonds is 3. The van der Waals surface area contributed by atoms with Crippen molar-refractivity contribution in [1.29, 1.82) is 0 Å². The van der Waals surface area contributed by atoms with Gasteiger partial charge in [-0.1, -0.05) is 18.7 Å². The fraction of sp³-hybridized carbons (Fsp3) is 0.500. The molecule has 24 heavy (non-hydrogen) atoms. The van der Waals surface area contributed by atoms with Crippen LogP contribution in [-0.4, -0.2) is 51.7 Å². The molecule has 2 fully saturated rings. The zero-order valence-electron chi connectivity index (χ0n) is 14.3. The van der Waals surface area contributed by atoms with E-state index in [9.17, 15) is 8.42 Å². The summed E-state index contributed by atoms with van der Waals surface area (Å²) in [6.45, 7) is 8.03. The van der Waals surface area contributed by atoms with Gasteiger partial charge in [-0.25, -0.2) is 8.42 Å². The number of hydrogen-bond donors (Lipinski definition) is 1. The summed E-state index contributed by atoms with van der Waals surface area (Å²) in [7, 11) is -1.86. The summed E-state index contributed by atoms with van der Waals surface area (Å²) in [5.41, 5.74) is 0.816. The number of hydrogen-bond acceptors (Lipinski definition) is 4. The minimum Gasteiger partial charge on any atom is -0.312 e. The predicted molar refractivity (Wildman–Crippen MR) is 98.0 cm³/mol. The summed E-state index contributed by atoms with van der Waals surface area (Å²) in [5.74, 6) is 0.419. The maximum Gasteiger partial charge on any atom is 0.243 e. The van der Waals surface area contributed by atoms with Crippen molar-refractivity contribution in [1.82, 2.24) is 9.62 Å². The third-order valence-electron chi connectivity index (χ3n) is 5.01. The minimum absolute atomic E-state index is 0.280. The molecule has 2 aliphatic heterocycles. The highest BCUT2D eigenvalue weighted by molar-refractivity contribution is 7.89. The van der Waals surface area contributed by atoms with Crippen LogP contribution in [0, 0.1) is 5.92 Å². The van der Waals surface area contributed by atoms with Crippen LogP contribution in [0.4, 0.5) is 0 Å². The van der Waals surface area contributed by atoms with E-state index in [1.54, 1.807) is 29.7 Å². The molecule has 3 rings (SSSR count). The topological polar surface area (TPSA) is 61.8 Å². The average Bonchev–Trinajstić information content (AvgIpc) is 2.99. The molecule has 1 aromatic carbocycles. The van der Waals surface area contributed by atoms with E-state index in [2.05, 4.69) is 16.9 Å². The van der Waals surface area contributed by atoms with E-state index in [1.165, 1.54) is 0 Å². The highest BCUT2D eigenvalue weighted by Gasteiger charge is 2.40. The van der Waals surface area contributed by atoms with E-state index in [0.717, 1.165) is 25.0 Å². The first-order chi connectivity index (χ1) is 11.4. The molecule has 1 N–H and O–H groups in total. The van der Waals surface area contributed by atoms with Gasteiger partial charge < -0.3 is 5.32 Å². The second kappa shape index (κ2) is 6.78. The number of sulfonamides is 1.